The van der Waals surface area contributed by atoms with Crippen LogP contribution >= 0.6 is 0 Å². The van der Waals surface area contributed by atoms with Crippen LogP contribution in [-0.2, 0) is 4.79 Å². The van der Waals surface area contributed by atoms with Gasteiger partial charge in [-0.3, -0.25) is 24.8 Å². The van der Waals surface area contributed by atoms with Crippen molar-refractivity contribution in [3.05, 3.63) is 73.1 Å². The Morgan fingerprint density at radius 3 is 2.65 bits per heavy atom. The quantitative estimate of drug-likeness (QED) is 0.266. The van der Waals surface area contributed by atoms with E-state index >= 15 is 0 Å². The van der Waals surface area contributed by atoms with Crippen LogP contribution in [-0.4, -0.2) is 68.7 Å². The zero-order chi connectivity index (χ0) is 27.8. The van der Waals surface area contributed by atoms with E-state index in [9.17, 15) is 9.18 Å². The number of halogens is 1. The van der Waals surface area contributed by atoms with Gasteiger partial charge in [0.15, 0.2) is 0 Å². The molecule has 0 aliphatic rings. The van der Waals surface area contributed by atoms with Gasteiger partial charge in [0.05, 0.1) is 54.3 Å². The Kier molecular flexibility index (Phi) is 6.40. The maximum atomic E-state index is 14.3. The number of benzene rings is 1. The van der Waals surface area contributed by atoms with Gasteiger partial charge in [-0.25, -0.2) is 4.39 Å². The Balaban J connectivity index is 1.38. The molecule has 11 heteroatoms. The fourth-order valence-corrected chi connectivity index (χ4v) is 4.64. The zero-order valence-electron chi connectivity index (χ0n) is 22.0. The molecule has 40 heavy (non-hydrogen) atoms. The van der Waals surface area contributed by atoms with Crippen LogP contribution in [0.25, 0.3) is 55.7 Å². The number of anilines is 1. The SMILES string of the molecule is COc1cc(F)cc(-c2nccc3[nH]c(-c4n[nH]c5cnc(-c6cncc(NC(=O)CN(C)C)c6)cc45)cc23)c1. The number of rotatable bonds is 7. The van der Waals surface area contributed by atoms with Gasteiger partial charge >= 0.3 is 0 Å². The number of hydrogen-bond donors (Lipinski definition) is 3. The van der Waals surface area contributed by atoms with E-state index in [2.05, 4.69) is 35.5 Å². The largest absolute Gasteiger partial charge is 0.497 e. The zero-order valence-corrected chi connectivity index (χ0v) is 22.0. The molecular formula is C29H25FN8O2. The van der Waals surface area contributed by atoms with Crippen LogP contribution in [0.4, 0.5) is 10.1 Å². The van der Waals surface area contributed by atoms with Gasteiger partial charge < -0.3 is 19.9 Å². The minimum absolute atomic E-state index is 0.131. The first kappa shape index (κ1) is 25.1. The summed E-state index contributed by atoms with van der Waals surface area (Å²) >= 11 is 0. The number of amides is 1. The highest BCUT2D eigenvalue weighted by molar-refractivity contribution is 6.00. The molecule has 0 unspecified atom stereocenters. The Bertz CT molecular complexity index is 1880. The van der Waals surface area contributed by atoms with Gasteiger partial charge in [0.2, 0.25) is 5.91 Å². The van der Waals surface area contributed by atoms with E-state index in [1.807, 2.05) is 38.4 Å². The third kappa shape index (κ3) is 4.85. The van der Waals surface area contributed by atoms with Crippen molar-refractivity contribution >= 4 is 33.4 Å². The van der Waals surface area contributed by atoms with E-state index < -0.39 is 5.82 Å². The molecule has 0 fully saturated rings. The van der Waals surface area contributed by atoms with Gasteiger partial charge in [-0.15, -0.1) is 0 Å². The lowest BCUT2D eigenvalue weighted by molar-refractivity contribution is -0.116. The molecular weight excluding hydrogens is 511 g/mol. The Morgan fingerprint density at radius 2 is 1.82 bits per heavy atom. The number of fused-ring (bicyclic) bond motifs is 2. The number of aromatic amines is 2. The van der Waals surface area contributed by atoms with Crippen molar-refractivity contribution in [2.24, 2.45) is 0 Å². The molecule has 5 heterocycles. The number of aromatic nitrogens is 6. The average Bonchev–Trinajstić information content (AvgIpc) is 3.56. The van der Waals surface area contributed by atoms with E-state index in [0.717, 1.165) is 33.1 Å². The van der Waals surface area contributed by atoms with Crippen LogP contribution in [0.3, 0.4) is 0 Å². The molecule has 5 aromatic heterocycles. The van der Waals surface area contributed by atoms with E-state index in [-0.39, 0.29) is 12.5 Å². The summed E-state index contributed by atoms with van der Waals surface area (Å²) in [5.41, 5.74) is 6.29. The van der Waals surface area contributed by atoms with E-state index in [0.29, 0.717) is 34.1 Å². The summed E-state index contributed by atoms with van der Waals surface area (Å²) in [6.45, 7) is 0.265. The smallest absolute Gasteiger partial charge is 0.238 e. The maximum Gasteiger partial charge on any atom is 0.238 e. The molecule has 10 nitrogen and oxygen atoms in total. The Morgan fingerprint density at radius 1 is 0.975 bits per heavy atom. The summed E-state index contributed by atoms with van der Waals surface area (Å²) in [7, 11) is 5.16. The van der Waals surface area contributed by atoms with Gasteiger partial charge in [0, 0.05) is 45.9 Å². The summed E-state index contributed by atoms with van der Waals surface area (Å²) in [5, 5.41) is 12.1. The number of nitrogens with zero attached hydrogens (tertiary/aromatic N) is 5. The number of hydrogen-bond acceptors (Lipinski definition) is 7. The number of carbonyl (C=O) groups excluding carboxylic acids is 1. The highest BCUT2D eigenvalue weighted by Crippen LogP contribution is 2.35. The Hall–Kier alpha value is -5.16. The molecule has 200 valence electrons. The first-order valence-corrected chi connectivity index (χ1v) is 12.4. The highest BCUT2D eigenvalue weighted by atomic mass is 19.1. The minimum atomic E-state index is -0.405. The number of likely N-dealkylation sites (N-methyl/N-ethyl adjacent to an activating group) is 1. The predicted molar refractivity (Wildman–Crippen MR) is 151 cm³/mol. The molecule has 6 rings (SSSR count). The standard InChI is InChI=1S/C29H25FN8O2/c1-38(2)15-27(39)34-19-7-17(12-31-13-19)24-10-22-26(14-33-24)36-37-29(22)25-11-21-23(35-25)4-5-32-28(21)16-6-18(30)9-20(8-16)40-3/h4-14,35H,15H2,1-3H3,(H,34,39)(H,36,37). The first-order valence-electron chi connectivity index (χ1n) is 12.4. The third-order valence-electron chi connectivity index (χ3n) is 6.41. The summed E-state index contributed by atoms with van der Waals surface area (Å²) in [6, 6.07) is 12.1. The first-order chi connectivity index (χ1) is 19.4. The summed E-state index contributed by atoms with van der Waals surface area (Å²) in [4.78, 5) is 30.8. The lowest BCUT2D eigenvalue weighted by Crippen LogP contribution is -2.27. The van der Waals surface area contributed by atoms with E-state index in [1.165, 1.54) is 19.2 Å². The fourth-order valence-electron chi connectivity index (χ4n) is 4.64. The lowest BCUT2D eigenvalue weighted by Gasteiger charge is -2.10. The van der Waals surface area contributed by atoms with Gasteiger partial charge in [-0.1, -0.05) is 0 Å². The normalized spacial score (nSPS) is 11.4. The third-order valence-corrected chi connectivity index (χ3v) is 6.41. The minimum Gasteiger partial charge on any atom is -0.497 e. The Labute approximate surface area is 228 Å². The molecule has 0 aliphatic heterocycles. The van der Waals surface area contributed by atoms with Crippen LogP contribution in [0.2, 0.25) is 0 Å². The van der Waals surface area contributed by atoms with Crippen LogP contribution in [0.15, 0.2) is 67.3 Å². The van der Waals surface area contributed by atoms with Crippen molar-refractivity contribution < 1.29 is 13.9 Å². The van der Waals surface area contributed by atoms with Crippen molar-refractivity contribution in [2.75, 3.05) is 33.1 Å². The molecule has 1 amide bonds. The van der Waals surface area contributed by atoms with Crippen LogP contribution < -0.4 is 10.1 Å². The average molecular weight is 537 g/mol. The number of H-pyrrole nitrogens is 2. The molecule has 3 N–H and O–H groups in total. The van der Waals surface area contributed by atoms with E-state index in [4.69, 9.17) is 4.74 Å². The molecule has 0 bridgehead atoms. The van der Waals surface area contributed by atoms with Crippen LogP contribution in [0.5, 0.6) is 5.75 Å². The van der Waals surface area contributed by atoms with Crippen molar-refractivity contribution in [3.63, 3.8) is 0 Å². The fraction of sp³-hybridized carbons (Fsp3) is 0.138. The molecule has 0 aliphatic carbocycles. The molecule has 6 aromatic rings. The number of carbonyl (C=O) groups is 1. The number of methoxy groups -OCH3 is 1. The molecule has 0 radical (unpaired) electrons. The predicted octanol–water partition coefficient (Wildman–Crippen LogP) is 4.88. The lowest BCUT2D eigenvalue weighted by atomic mass is 10.1. The van der Waals surface area contributed by atoms with Gasteiger partial charge in [0.25, 0.3) is 0 Å². The van der Waals surface area contributed by atoms with Crippen molar-refractivity contribution in [1.29, 1.82) is 0 Å². The molecule has 0 atom stereocenters. The van der Waals surface area contributed by atoms with E-state index in [1.54, 1.807) is 35.8 Å². The van der Waals surface area contributed by atoms with Gasteiger partial charge in [-0.2, -0.15) is 5.10 Å². The topological polar surface area (TPSA) is 125 Å². The van der Waals surface area contributed by atoms with Crippen LogP contribution in [0.1, 0.15) is 0 Å². The van der Waals surface area contributed by atoms with Crippen molar-refractivity contribution in [3.8, 4) is 39.7 Å². The van der Waals surface area contributed by atoms with Crippen molar-refractivity contribution in [2.45, 2.75) is 0 Å². The molecule has 0 saturated heterocycles. The van der Waals surface area contributed by atoms with Gasteiger partial charge in [0.1, 0.15) is 17.3 Å². The summed E-state index contributed by atoms with van der Waals surface area (Å²) < 4.78 is 19.5. The molecule has 1 aromatic carbocycles. The molecule has 0 saturated carbocycles. The second kappa shape index (κ2) is 10.2. The summed E-state index contributed by atoms with van der Waals surface area (Å²) in [5.74, 6) is -0.120. The number of pyridine rings is 3. The van der Waals surface area contributed by atoms with Crippen molar-refractivity contribution in [1.82, 2.24) is 35.0 Å². The van der Waals surface area contributed by atoms with Gasteiger partial charge in [-0.05, 0) is 50.5 Å². The summed E-state index contributed by atoms with van der Waals surface area (Å²) in [6.07, 6.45) is 6.69. The maximum absolute atomic E-state index is 14.3. The number of nitrogens with one attached hydrogen (secondary N) is 3. The second-order valence-corrected chi connectivity index (χ2v) is 9.62. The van der Waals surface area contributed by atoms with Crippen LogP contribution in [0, 0.1) is 5.82 Å². The monoisotopic (exact) mass is 536 g/mol. The highest BCUT2D eigenvalue weighted by Gasteiger charge is 2.16. The number of ether oxygens (including phenoxy) is 1. The second-order valence-electron chi connectivity index (χ2n) is 9.62. The molecule has 0 spiro atoms.